The molecule has 2 heterocycles. The number of nitrogens with zero attached hydrogens (tertiary/aromatic N) is 2. The second kappa shape index (κ2) is 6.11. The molecule has 4 nitrogen and oxygen atoms in total. The minimum absolute atomic E-state index is 0.108. The molecule has 0 aliphatic heterocycles. The molecule has 0 aromatic carbocycles. The molecule has 1 atom stereocenters. The molecule has 0 fully saturated rings. The van der Waals surface area contributed by atoms with Crippen LogP contribution in [0.2, 0.25) is 0 Å². The molecule has 0 spiro atoms. The Kier molecular flexibility index (Phi) is 4.49. The minimum Gasteiger partial charge on any atom is -0.418 e. The molecule has 5 heteroatoms. The number of hydrogen-bond acceptors (Lipinski definition) is 5. The van der Waals surface area contributed by atoms with Crippen molar-refractivity contribution in [3.63, 3.8) is 0 Å². The molecule has 2 rings (SSSR count). The summed E-state index contributed by atoms with van der Waals surface area (Å²) in [4.78, 5) is 2.38. The molecule has 0 aliphatic rings. The van der Waals surface area contributed by atoms with E-state index in [0.29, 0.717) is 11.8 Å². The third-order valence-corrected chi connectivity index (χ3v) is 3.95. The molecule has 1 unspecified atom stereocenters. The average Bonchev–Trinajstić information content (AvgIpc) is 3.03. The third-order valence-electron chi connectivity index (χ3n) is 2.73. The first-order valence-corrected chi connectivity index (χ1v) is 7.22. The van der Waals surface area contributed by atoms with Crippen LogP contribution in [0.3, 0.4) is 0 Å². The van der Waals surface area contributed by atoms with Gasteiger partial charge in [-0.15, -0.1) is 21.5 Å². The van der Waals surface area contributed by atoms with Gasteiger partial charge in [0.15, 0.2) is 0 Å². The molecule has 98 valence electrons. The van der Waals surface area contributed by atoms with Gasteiger partial charge in [-0.3, -0.25) is 0 Å². The van der Waals surface area contributed by atoms with Crippen LogP contribution in [0.5, 0.6) is 0 Å². The van der Waals surface area contributed by atoms with Gasteiger partial charge in [-0.1, -0.05) is 13.8 Å². The maximum absolute atomic E-state index is 5.71. The third kappa shape index (κ3) is 2.97. The Labute approximate surface area is 111 Å². The summed E-state index contributed by atoms with van der Waals surface area (Å²) in [5.74, 6) is 1.28. The lowest BCUT2D eigenvalue weighted by Gasteiger charge is -2.07. The van der Waals surface area contributed by atoms with Crippen LogP contribution in [0, 0.1) is 0 Å². The number of nitrogens with one attached hydrogen (secondary N) is 1. The van der Waals surface area contributed by atoms with Gasteiger partial charge in [0.05, 0.1) is 10.9 Å². The van der Waals surface area contributed by atoms with Crippen molar-refractivity contribution in [1.82, 2.24) is 15.5 Å². The molecule has 0 saturated heterocycles. The van der Waals surface area contributed by atoms with Crippen LogP contribution in [0.25, 0.3) is 10.8 Å². The Morgan fingerprint density at radius 2 is 2.17 bits per heavy atom. The summed E-state index contributed by atoms with van der Waals surface area (Å²) in [5.41, 5.74) is 0. The summed E-state index contributed by atoms with van der Waals surface area (Å²) < 4.78 is 5.71. The molecule has 0 amide bonds. The fourth-order valence-electron chi connectivity index (χ4n) is 1.64. The van der Waals surface area contributed by atoms with Crippen molar-refractivity contribution in [3.05, 3.63) is 22.9 Å². The molecule has 18 heavy (non-hydrogen) atoms. The van der Waals surface area contributed by atoms with Crippen molar-refractivity contribution in [2.75, 3.05) is 6.54 Å². The Morgan fingerprint density at radius 1 is 1.33 bits per heavy atom. The maximum atomic E-state index is 5.71. The van der Waals surface area contributed by atoms with Crippen LogP contribution in [-0.2, 0) is 6.42 Å². The predicted octanol–water partition coefficient (Wildman–Crippen LogP) is 3.42. The van der Waals surface area contributed by atoms with E-state index in [4.69, 9.17) is 4.42 Å². The largest absolute Gasteiger partial charge is 0.418 e. The van der Waals surface area contributed by atoms with Gasteiger partial charge < -0.3 is 9.73 Å². The lowest BCUT2D eigenvalue weighted by Crippen LogP contribution is -2.19. The van der Waals surface area contributed by atoms with E-state index in [9.17, 15) is 0 Å². The van der Waals surface area contributed by atoms with Gasteiger partial charge in [-0.2, -0.15) is 0 Å². The van der Waals surface area contributed by atoms with Crippen molar-refractivity contribution >= 4 is 11.3 Å². The summed E-state index contributed by atoms with van der Waals surface area (Å²) in [5, 5.41) is 11.6. The number of thiophene rings is 1. The maximum Gasteiger partial charge on any atom is 0.257 e. The fraction of sp³-hybridized carbons (Fsp3) is 0.538. The highest BCUT2D eigenvalue weighted by molar-refractivity contribution is 7.15. The molecule has 0 bridgehead atoms. The van der Waals surface area contributed by atoms with Gasteiger partial charge in [0.1, 0.15) is 0 Å². The highest BCUT2D eigenvalue weighted by Gasteiger charge is 2.15. The number of aryl methyl sites for hydroxylation is 1. The SMILES string of the molecule is CCCNC(C)c1nnc(-c2ccc(CC)s2)o1. The van der Waals surface area contributed by atoms with Crippen LogP contribution in [0.4, 0.5) is 0 Å². The molecule has 1 N–H and O–H groups in total. The first kappa shape index (κ1) is 13.2. The smallest absolute Gasteiger partial charge is 0.257 e. The van der Waals surface area contributed by atoms with Crippen LogP contribution in [0.15, 0.2) is 16.5 Å². The zero-order valence-corrected chi connectivity index (χ0v) is 11.9. The fourth-order valence-corrected chi connectivity index (χ4v) is 2.51. The van der Waals surface area contributed by atoms with E-state index in [2.05, 4.69) is 35.4 Å². The van der Waals surface area contributed by atoms with Crippen molar-refractivity contribution in [2.24, 2.45) is 0 Å². The zero-order valence-electron chi connectivity index (χ0n) is 11.1. The van der Waals surface area contributed by atoms with Crippen LogP contribution in [0.1, 0.15) is 44.0 Å². The molecule has 0 saturated carbocycles. The lowest BCUT2D eigenvalue weighted by molar-refractivity contribution is 0.423. The van der Waals surface area contributed by atoms with Crippen LogP contribution in [-0.4, -0.2) is 16.7 Å². The number of rotatable bonds is 6. The topological polar surface area (TPSA) is 51.0 Å². The molecule has 2 aromatic rings. The van der Waals surface area contributed by atoms with Crippen LogP contribution >= 0.6 is 11.3 Å². The second-order valence-electron chi connectivity index (χ2n) is 4.24. The van der Waals surface area contributed by atoms with Gasteiger partial charge in [-0.25, -0.2) is 0 Å². The monoisotopic (exact) mass is 265 g/mol. The Balaban J connectivity index is 2.09. The molecule has 0 aliphatic carbocycles. The van der Waals surface area contributed by atoms with E-state index in [0.717, 1.165) is 24.3 Å². The highest BCUT2D eigenvalue weighted by atomic mass is 32.1. The van der Waals surface area contributed by atoms with E-state index >= 15 is 0 Å². The van der Waals surface area contributed by atoms with Gasteiger partial charge in [0, 0.05) is 4.88 Å². The quantitative estimate of drug-likeness (QED) is 0.869. The van der Waals surface area contributed by atoms with E-state index < -0.39 is 0 Å². The Bertz CT molecular complexity index is 492. The van der Waals surface area contributed by atoms with Crippen molar-refractivity contribution < 1.29 is 4.42 Å². The molecular formula is C13H19N3OS. The molecular weight excluding hydrogens is 246 g/mol. The highest BCUT2D eigenvalue weighted by Crippen LogP contribution is 2.28. The Morgan fingerprint density at radius 3 is 2.83 bits per heavy atom. The van der Waals surface area contributed by atoms with Crippen molar-refractivity contribution in [1.29, 1.82) is 0 Å². The standard InChI is InChI=1S/C13H19N3OS/c1-4-8-14-9(3)12-15-16-13(17-12)11-7-6-10(5-2)18-11/h6-7,9,14H,4-5,8H2,1-3H3. The van der Waals surface area contributed by atoms with E-state index in [-0.39, 0.29) is 6.04 Å². The summed E-state index contributed by atoms with van der Waals surface area (Å²) in [6.45, 7) is 7.28. The van der Waals surface area contributed by atoms with Crippen LogP contribution < -0.4 is 5.32 Å². The summed E-state index contributed by atoms with van der Waals surface area (Å²) in [6, 6.07) is 4.27. The number of hydrogen-bond donors (Lipinski definition) is 1. The lowest BCUT2D eigenvalue weighted by atomic mass is 10.3. The van der Waals surface area contributed by atoms with E-state index in [1.54, 1.807) is 11.3 Å². The average molecular weight is 265 g/mol. The first-order valence-electron chi connectivity index (χ1n) is 6.40. The van der Waals surface area contributed by atoms with Gasteiger partial charge in [0.2, 0.25) is 5.89 Å². The number of aromatic nitrogens is 2. The zero-order chi connectivity index (χ0) is 13.0. The molecule has 2 aromatic heterocycles. The molecule has 0 radical (unpaired) electrons. The van der Waals surface area contributed by atoms with E-state index in [1.807, 2.05) is 13.0 Å². The normalized spacial score (nSPS) is 12.8. The van der Waals surface area contributed by atoms with E-state index in [1.165, 1.54) is 4.88 Å². The Hall–Kier alpha value is -1.20. The first-order chi connectivity index (χ1) is 8.74. The summed E-state index contributed by atoms with van der Waals surface area (Å²) in [7, 11) is 0. The second-order valence-corrected chi connectivity index (χ2v) is 5.41. The summed E-state index contributed by atoms with van der Waals surface area (Å²) >= 11 is 1.71. The van der Waals surface area contributed by atoms with Crippen molar-refractivity contribution in [3.8, 4) is 10.8 Å². The van der Waals surface area contributed by atoms with Gasteiger partial charge in [-0.05, 0) is 38.4 Å². The predicted molar refractivity (Wildman–Crippen MR) is 73.7 cm³/mol. The van der Waals surface area contributed by atoms with Gasteiger partial charge in [0.25, 0.3) is 5.89 Å². The summed E-state index contributed by atoms with van der Waals surface area (Å²) in [6.07, 6.45) is 2.14. The van der Waals surface area contributed by atoms with Crippen molar-refractivity contribution in [2.45, 2.75) is 39.7 Å². The van der Waals surface area contributed by atoms with Gasteiger partial charge >= 0.3 is 0 Å². The minimum atomic E-state index is 0.108.